The average molecular weight is 405 g/mol. The lowest BCUT2D eigenvalue weighted by Crippen LogP contribution is -2.31. The SMILES string of the molecule is Nc1ccccc1C=CCN1CCC(=C2c3ccccc3C=Cc3ccccc32)CC1. The summed E-state index contributed by atoms with van der Waals surface area (Å²) < 4.78 is 0. The predicted molar refractivity (Wildman–Crippen MR) is 133 cm³/mol. The second-order valence-corrected chi connectivity index (χ2v) is 8.32. The van der Waals surface area contributed by atoms with Gasteiger partial charge in [-0.15, -0.1) is 0 Å². The van der Waals surface area contributed by atoms with Gasteiger partial charge in [0.15, 0.2) is 0 Å². The van der Waals surface area contributed by atoms with Crippen LogP contribution >= 0.6 is 0 Å². The summed E-state index contributed by atoms with van der Waals surface area (Å²) in [4.78, 5) is 2.53. The van der Waals surface area contributed by atoms with Crippen molar-refractivity contribution in [3.63, 3.8) is 0 Å². The highest BCUT2D eigenvalue weighted by atomic mass is 15.1. The van der Waals surface area contributed by atoms with Gasteiger partial charge in [-0.1, -0.05) is 96.6 Å². The summed E-state index contributed by atoms with van der Waals surface area (Å²) in [5, 5.41) is 0. The van der Waals surface area contributed by atoms with Crippen LogP contribution in [0.25, 0.3) is 23.8 Å². The van der Waals surface area contributed by atoms with E-state index in [4.69, 9.17) is 5.73 Å². The van der Waals surface area contributed by atoms with Gasteiger partial charge in [0.25, 0.3) is 0 Å². The number of para-hydroxylation sites is 1. The molecule has 0 aromatic heterocycles. The fourth-order valence-corrected chi connectivity index (χ4v) is 4.69. The number of rotatable bonds is 3. The maximum absolute atomic E-state index is 6.06. The smallest absolute Gasteiger partial charge is 0.0387 e. The second-order valence-electron chi connectivity index (χ2n) is 8.32. The molecule has 0 atom stereocenters. The fourth-order valence-electron chi connectivity index (χ4n) is 4.69. The van der Waals surface area contributed by atoms with Crippen LogP contribution < -0.4 is 5.73 Å². The van der Waals surface area contributed by atoms with Gasteiger partial charge in [0, 0.05) is 25.3 Å². The average Bonchev–Trinajstić information content (AvgIpc) is 2.98. The fraction of sp³-hybridized carbons (Fsp3) is 0.172. The standard InChI is InChI=1S/C29H28N2/c30-28-14-6-3-10-24(28)11-7-19-31-20-17-25(18-21-31)29-26-12-4-1-8-22(26)15-16-23-9-2-5-13-27(23)29/h1-16H,17-21,30H2. The first-order valence-electron chi connectivity index (χ1n) is 11.1. The maximum atomic E-state index is 6.06. The van der Waals surface area contributed by atoms with Crippen molar-refractivity contribution < 1.29 is 0 Å². The first-order chi connectivity index (χ1) is 15.3. The van der Waals surface area contributed by atoms with E-state index >= 15 is 0 Å². The van der Waals surface area contributed by atoms with Crippen molar-refractivity contribution in [1.82, 2.24) is 4.90 Å². The number of anilines is 1. The van der Waals surface area contributed by atoms with Crippen LogP contribution in [-0.2, 0) is 0 Å². The van der Waals surface area contributed by atoms with Gasteiger partial charge in [0.2, 0.25) is 0 Å². The minimum absolute atomic E-state index is 0.837. The van der Waals surface area contributed by atoms with Gasteiger partial charge < -0.3 is 5.73 Å². The molecule has 2 nitrogen and oxygen atoms in total. The van der Waals surface area contributed by atoms with Gasteiger partial charge in [-0.25, -0.2) is 0 Å². The molecule has 1 fully saturated rings. The van der Waals surface area contributed by atoms with E-state index in [1.807, 2.05) is 18.2 Å². The number of likely N-dealkylation sites (tertiary alicyclic amines) is 1. The zero-order valence-electron chi connectivity index (χ0n) is 17.8. The third kappa shape index (κ3) is 4.12. The van der Waals surface area contributed by atoms with Gasteiger partial charge in [-0.2, -0.15) is 0 Å². The zero-order chi connectivity index (χ0) is 21.0. The van der Waals surface area contributed by atoms with Crippen molar-refractivity contribution in [3.05, 3.63) is 112 Å². The molecule has 0 amide bonds. The molecule has 0 unspecified atom stereocenters. The molecule has 154 valence electrons. The van der Waals surface area contributed by atoms with E-state index in [1.54, 1.807) is 5.57 Å². The van der Waals surface area contributed by atoms with Gasteiger partial charge in [-0.3, -0.25) is 4.90 Å². The van der Waals surface area contributed by atoms with Crippen molar-refractivity contribution in [2.24, 2.45) is 0 Å². The Hall–Kier alpha value is -3.36. The molecule has 2 aliphatic rings. The number of nitrogens with zero attached hydrogens (tertiary/aromatic N) is 1. The van der Waals surface area contributed by atoms with Crippen LogP contribution in [0.5, 0.6) is 0 Å². The molecule has 1 heterocycles. The molecule has 3 aromatic rings. The molecule has 1 aliphatic heterocycles. The van der Waals surface area contributed by atoms with Gasteiger partial charge in [0.1, 0.15) is 0 Å². The lowest BCUT2D eigenvalue weighted by atomic mass is 9.86. The third-order valence-corrected chi connectivity index (χ3v) is 6.37. The lowest BCUT2D eigenvalue weighted by molar-refractivity contribution is 0.284. The molecule has 5 rings (SSSR count). The summed E-state index contributed by atoms with van der Waals surface area (Å²) in [7, 11) is 0. The molecule has 0 bridgehead atoms. The number of fused-ring (bicyclic) bond motifs is 2. The summed E-state index contributed by atoms with van der Waals surface area (Å²) >= 11 is 0. The Balaban J connectivity index is 1.38. The van der Waals surface area contributed by atoms with Crippen LogP contribution in [0, 0.1) is 0 Å². The molecular weight excluding hydrogens is 376 g/mol. The molecule has 1 aliphatic carbocycles. The van der Waals surface area contributed by atoms with Crippen LogP contribution in [0.2, 0.25) is 0 Å². The largest absolute Gasteiger partial charge is 0.398 e. The van der Waals surface area contributed by atoms with Crippen molar-refractivity contribution in [2.75, 3.05) is 25.4 Å². The van der Waals surface area contributed by atoms with E-state index in [0.29, 0.717) is 0 Å². The van der Waals surface area contributed by atoms with Crippen LogP contribution in [0.4, 0.5) is 5.69 Å². The van der Waals surface area contributed by atoms with Crippen molar-refractivity contribution in [3.8, 4) is 0 Å². The number of piperidine rings is 1. The maximum Gasteiger partial charge on any atom is 0.0387 e. The van der Waals surface area contributed by atoms with Crippen LogP contribution in [0.15, 0.2) is 84.4 Å². The Labute approximate surface area is 185 Å². The van der Waals surface area contributed by atoms with E-state index < -0.39 is 0 Å². The Kier molecular flexibility index (Phi) is 5.56. The normalized spacial score (nSPS) is 16.3. The van der Waals surface area contributed by atoms with Gasteiger partial charge in [0.05, 0.1) is 0 Å². The number of benzene rings is 3. The zero-order valence-corrected chi connectivity index (χ0v) is 17.8. The Morgan fingerprint density at radius 1 is 0.742 bits per heavy atom. The summed E-state index contributed by atoms with van der Waals surface area (Å²) in [6.07, 6.45) is 11.1. The number of nitrogen functional groups attached to an aromatic ring is 1. The minimum atomic E-state index is 0.837. The van der Waals surface area contributed by atoms with E-state index in [2.05, 4.69) is 83.8 Å². The van der Waals surface area contributed by atoms with Gasteiger partial charge >= 0.3 is 0 Å². The molecule has 0 spiro atoms. The summed E-state index contributed by atoms with van der Waals surface area (Å²) in [5.41, 5.74) is 16.4. The van der Waals surface area contributed by atoms with Crippen LogP contribution in [0.1, 0.15) is 40.7 Å². The van der Waals surface area contributed by atoms with E-state index in [0.717, 1.165) is 43.7 Å². The Morgan fingerprint density at radius 2 is 1.32 bits per heavy atom. The number of hydrogen-bond acceptors (Lipinski definition) is 2. The summed E-state index contributed by atoms with van der Waals surface area (Å²) in [5.74, 6) is 0. The Bertz CT molecular complexity index is 1120. The quantitative estimate of drug-likeness (QED) is 0.402. The highest BCUT2D eigenvalue weighted by Crippen LogP contribution is 2.38. The predicted octanol–water partition coefficient (Wildman–Crippen LogP) is 6.36. The van der Waals surface area contributed by atoms with Crippen LogP contribution in [-0.4, -0.2) is 24.5 Å². The molecule has 3 aromatic carbocycles. The molecule has 2 N–H and O–H groups in total. The molecule has 0 saturated carbocycles. The molecule has 2 heteroatoms. The minimum Gasteiger partial charge on any atom is -0.398 e. The molecular formula is C29H28N2. The Morgan fingerprint density at radius 3 is 1.97 bits per heavy atom. The van der Waals surface area contributed by atoms with Crippen molar-refractivity contribution in [1.29, 1.82) is 0 Å². The molecule has 0 radical (unpaired) electrons. The van der Waals surface area contributed by atoms with E-state index in [-0.39, 0.29) is 0 Å². The number of nitrogens with two attached hydrogens (primary N) is 1. The first kappa shape index (κ1) is 19.6. The first-order valence-corrected chi connectivity index (χ1v) is 11.1. The van der Waals surface area contributed by atoms with E-state index in [9.17, 15) is 0 Å². The molecule has 31 heavy (non-hydrogen) atoms. The number of hydrogen-bond donors (Lipinski definition) is 1. The monoisotopic (exact) mass is 404 g/mol. The summed E-state index contributed by atoms with van der Waals surface area (Å²) in [6, 6.07) is 25.7. The van der Waals surface area contributed by atoms with Crippen molar-refractivity contribution in [2.45, 2.75) is 12.8 Å². The van der Waals surface area contributed by atoms with Crippen molar-refractivity contribution >= 4 is 29.5 Å². The summed E-state index contributed by atoms with van der Waals surface area (Å²) in [6.45, 7) is 3.14. The lowest BCUT2D eigenvalue weighted by Gasteiger charge is -2.29. The second kappa shape index (κ2) is 8.79. The van der Waals surface area contributed by atoms with E-state index in [1.165, 1.54) is 27.8 Å². The third-order valence-electron chi connectivity index (χ3n) is 6.37. The van der Waals surface area contributed by atoms with Gasteiger partial charge in [-0.05, 0) is 52.3 Å². The van der Waals surface area contributed by atoms with Crippen LogP contribution in [0.3, 0.4) is 0 Å². The molecule has 1 saturated heterocycles. The topological polar surface area (TPSA) is 29.3 Å². The highest BCUT2D eigenvalue weighted by Gasteiger charge is 2.21. The highest BCUT2D eigenvalue weighted by molar-refractivity contribution is 5.94.